The fraction of sp³-hybridized carbons (Fsp3) is 1.00. The first kappa shape index (κ1) is 19.4. The van der Waals surface area contributed by atoms with E-state index in [1.807, 2.05) is 0 Å². The van der Waals surface area contributed by atoms with Gasteiger partial charge in [-0.3, -0.25) is 10.0 Å². The van der Waals surface area contributed by atoms with Crippen LogP contribution in [-0.2, 0) is 4.84 Å². The van der Waals surface area contributed by atoms with Gasteiger partial charge in [0.15, 0.2) is 0 Å². The molecule has 0 aromatic carbocycles. The quantitative estimate of drug-likeness (QED) is 0.288. The molecular formula is C8H22NNaO3. The predicted octanol–water partition coefficient (Wildman–Crippen LogP) is -1.45. The summed E-state index contributed by atoms with van der Waals surface area (Å²) in [6.07, 6.45) is 7.44. The van der Waals surface area contributed by atoms with Crippen molar-refractivity contribution in [3.05, 3.63) is 0 Å². The summed E-state index contributed by atoms with van der Waals surface area (Å²) in [5.74, 6) is 0. The van der Waals surface area contributed by atoms with Crippen molar-refractivity contribution >= 4 is 0 Å². The SMILES string of the molecule is CCCCCCCCONO.O.[H-].[Na+]. The van der Waals surface area contributed by atoms with E-state index in [1.54, 1.807) is 5.64 Å². The van der Waals surface area contributed by atoms with Gasteiger partial charge in [0.1, 0.15) is 0 Å². The summed E-state index contributed by atoms with van der Waals surface area (Å²) in [5, 5.41) is 8.03. The first-order valence-corrected chi connectivity index (χ1v) is 4.42. The Bertz CT molecular complexity index is 73.6. The van der Waals surface area contributed by atoms with Crippen LogP contribution < -0.4 is 35.2 Å². The normalized spacial score (nSPS) is 8.77. The van der Waals surface area contributed by atoms with Crippen molar-refractivity contribution in [2.45, 2.75) is 45.4 Å². The molecule has 0 fully saturated rings. The molecule has 78 valence electrons. The van der Waals surface area contributed by atoms with Gasteiger partial charge in [-0.25, -0.2) is 0 Å². The molecule has 0 spiro atoms. The molecule has 0 rings (SSSR count). The Kier molecular flexibility index (Phi) is 27.8. The summed E-state index contributed by atoms with van der Waals surface area (Å²) in [6, 6.07) is 0. The Morgan fingerprint density at radius 1 is 1.15 bits per heavy atom. The van der Waals surface area contributed by atoms with Gasteiger partial charge in [-0.15, -0.1) is 0 Å². The van der Waals surface area contributed by atoms with Crippen molar-refractivity contribution in [1.82, 2.24) is 5.64 Å². The number of hydrogen-bond acceptors (Lipinski definition) is 3. The van der Waals surface area contributed by atoms with E-state index in [0.29, 0.717) is 6.61 Å². The van der Waals surface area contributed by atoms with Gasteiger partial charge in [-0.2, -0.15) is 0 Å². The first-order chi connectivity index (χ1) is 5.41. The summed E-state index contributed by atoms with van der Waals surface area (Å²) in [5.41, 5.74) is 1.67. The minimum absolute atomic E-state index is 0. The van der Waals surface area contributed by atoms with Crippen LogP contribution in [0.2, 0.25) is 0 Å². The summed E-state index contributed by atoms with van der Waals surface area (Å²) >= 11 is 0. The van der Waals surface area contributed by atoms with E-state index in [-0.39, 0.29) is 36.5 Å². The zero-order valence-corrected chi connectivity index (χ0v) is 10.8. The summed E-state index contributed by atoms with van der Waals surface area (Å²) < 4.78 is 0. The molecule has 0 aliphatic carbocycles. The van der Waals surface area contributed by atoms with Crippen LogP contribution in [0, 0.1) is 0 Å². The van der Waals surface area contributed by atoms with Crippen LogP contribution in [0.5, 0.6) is 0 Å². The molecule has 0 aliphatic rings. The summed E-state index contributed by atoms with van der Waals surface area (Å²) in [7, 11) is 0. The van der Waals surface area contributed by atoms with Gasteiger partial charge >= 0.3 is 29.6 Å². The van der Waals surface area contributed by atoms with Gasteiger partial charge < -0.3 is 6.90 Å². The molecule has 0 amide bonds. The van der Waals surface area contributed by atoms with E-state index in [9.17, 15) is 0 Å². The second-order valence-electron chi connectivity index (χ2n) is 2.71. The maximum atomic E-state index is 8.03. The zero-order valence-electron chi connectivity index (χ0n) is 9.81. The Labute approximate surface area is 104 Å². The molecule has 0 bridgehead atoms. The van der Waals surface area contributed by atoms with Crippen molar-refractivity contribution in [1.29, 1.82) is 0 Å². The average molecular weight is 203 g/mol. The van der Waals surface area contributed by atoms with Crippen LogP contribution in [0.4, 0.5) is 0 Å². The van der Waals surface area contributed by atoms with Gasteiger partial charge in [0.05, 0.1) is 6.61 Å². The molecule has 0 heterocycles. The van der Waals surface area contributed by atoms with Crippen LogP contribution in [0.15, 0.2) is 0 Å². The van der Waals surface area contributed by atoms with E-state index < -0.39 is 0 Å². The second kappa shape index (κ2) is 18.6. The monoisotopic (exact) mass is 203 g/mol. The Hall–Kier alpha value is 0.840. The van der Waals surface area contributed by atoms with E-state index >= 15 is 0 Å². The average Bonchev–Trinajstić information content (AvgIpc) is 2.03. The van der Waals surface area contributed by atoms with Crippen LogP contribution in [-0.4, -0.2) is 17.3 Å². The van der Waals surface area contributed by atoms with Crippen molar-refractivity contribution in [3.63, 3.8) is 0 Å². The fourth-order valence-electron chi connectivity index (χ4n) is 1.00. The number of hydrogen-bond donors (Lipinski definition) is 2. The Morgan fingerprint density at radius 3 is 2.23 bits per heavy atom. The fourth-order valence-corrected chi connectivity index (χ4v) is 1.00. The Morgan fingerprint density at radius 2 is 1.69 bits per heavy atom. The molecule has 0 aromatic rings. The Balaban J connectivity index is -0.000000167. The number of nitrogens with one attached hydrogen (secondary N) is 1. The van der Waals surface area contributed by atoms with E-state index in [4.69, 9.17) is 5.21 Å². The van der Waals surface area contributed by atoms with Gasteiger partial charge in [0.25, 0.3) is 0 Å². The van der Waals surface area contributed by atoms with E-state index in [0.717, 1.165) is 6.42 Å². The van der Waals surface area contributed by atoms with E-state index in [2.05, 4.69) is 11.8 Å². The van der Waals surface area contributed by atoms with Gasteiger partial charge in [-0.05, 0) is 6.42 Å². The molecule has 0 saturated carbocycles. The molecule has 5 heteroatoms. The third kappa shape index (κ3) is 19.3. The van der Waals surface area contributed by atoms with Crippen LogP contribution in [0.25, 0.3) is 0 Å². The smallest absolute Gasteiger partial charge is 1.00 e. The molecule has 0 aromatic heterocycles. The van der Waals surface area contributed by atoms with Crippen molar-refractivity contribution in [2.75, 3.05) is 6.61 Å². The van der Waals surface area contributed by atoms with Gasteiger partial charge in [-0.1, -0.05) is 44.7 Å². The third-order valence-corrected chi connectivity index (χ3v) is 1.66. The zero-order chi connectivity index (χ0) is 8.36. The van der Waals surface area contributed by atoms with Gasteiger partial charge in [0.2, 0.25) is 0 Å². The maximum absolute atomic E-state index is 8.03. The molecule has 0 aliphatic heterocycles. The molecule has 0 unspecified atom stereocenters. The minimum atomic E-state index is 0. The van der Waals surface area contributed by atoms with Crippen LogP contribution in [0.3, 0.4) is 0 Å². The molecule has 4 N–H and O–H groups in total. The van der Waals surface area contributed by atoms with Crippen molar-refractivity contribution in [2.24, 2.45) is 0 Å². The van der Waals surface area contributed by atoms with Crippen LogP contribution >= 0.6 is 0 Å². The number of unbranched alkanes of at least 4 members (excludes halogenated alkanes) is 5. The predicted molar refractivity (Wildman–Crippen MR) is 49.0 cm³/mol. The second-order valence-corrected chi connectivity index (χ2v) is 2.71. The third-order valence-electron chi connectivity index (χ3n) is 1.66. The molecule has 0 radical (unpaired) electrons. The van der Waals surface area contributed by atoms with Gasteiger partial charge in [0, 0.05) is 0 Å². The molecule has 0 atom stereocenters. The summed E-state index contributed by atoms with van der Waals surface area (Å²) in [6.45, 7) is 2.81. The molecule has 13 heavy (non-hydrogen) atoms. The first-order valence-electron chi connectivity index (χ1n) is 4.42. The molecular weight excluding hydrogens is 181 g/mol. The summed E-state index contributed by atoms with van der Waals surface area (Å²) in [4.78, 5) is 4.55. The standard InChI is InChI=1S/C8H19NO2.Na.H2O.H/c1-2-3-4-5-6-7-8-11-9-10;;;/h9-10H,2-8H2,1H3;;1H2;/q;+1;;-1. The number of rotatable bonds is 8. The largest absolute Gasteiger partial charge is 1.00 e. The maximum Gasteiger partial charge on any atom is 1.00 e. The van der Waals surface area contributed by atoms with Crippen LogP contribution in [0.1, 0.15) is 46.9 Å². The minimum Gasteiger partial charge on any atom is -1.00 e. The topological polar surface area (TPSA) is 73.0 Å². The van der Waals surface area contributed by atoms with Crippen molar-refractivity contribution in [3.8, 4) is 0 Å². The molecule has 4 nitrogen and oxygen atoms in total. The van der Waals surface area contributed by atoms with E-state index in [1.165, 1.54) is 32.1 Å². The van der Waals surface area contributed by atoms with Crippen molar-refractivity contribution < 1.29 is 46.5 Å². The molecule has 0 saturated heterocycles.